The van der Waals surface area contributed by atoms with Gasteiger partial charge >= 0.3 is 0 Å². The number of Topliss-reactive ketones (excluding diaryl/α,β-unsaturated/α-hetero) is 4. The summed E-state index contributed by atoms with van der Waals surface area (Å²) >= 11 is 0. The van der Waals surface area contributed by atoms with Crippen LogP contribution in [0.3, 0.4) is 0 Å². The average molecular weight is 1800 g/mol. The predicted molar refractivity (Wildman–Crippen MR) is 499 cm³/mol. The van der Waals surface area contributed by atoms with Crippen LogP contribution in [0.1, 0.15) is 153 Å². The van der Waals surface area contributed by atoms with Gasteiger partial charge in [-0.15, -0.1) is 0 Å². The Morgan fingerprint density at radius 2 is 0.737 bits per heavy atom. The van der Waals surface area contributed by atoms with Crippen molar-refractivity contribution in [3.8, 4) is 74.6 Å². The van der Waals surface area contributed by atoms with E-state index in [2.05, 4.69) is 118 Å². The number of carbonyl (C=O) groups excluding carboxylic acids is 6. The zero-order valence-electron chi connectivity index (χ0n) is 75.9. The van der Waals surface area contributed by atoms with E-state index in [0.29, 0.717) is 203 Å². The van der Waals surface area contributed by atoms with Gasteiger partial charge in [-0.05, 0) is 91.8 Å². The topological polar surface area (TPSA) is 472 Å². The van der Waals surface area contributed by atoms with E-state index >= 15 is 0 Å². The molecule has 39 heteroatoms. The molecular weight excluding hydrogens is 1700 g/mol. The number of ether oxygens (including phenoxy) is 4. The number of nitrogens with one attached hydrogen (secondary N) is 8. The van der Waals surface area contributed by atoms with E-state index in [4.69, 9.17) is 24.2 Å². The van der Waals surface area contributed by atoms with Crippen LogP contribution in [0.15, 0.2) is 172 Å². The summed E-state index contributed by atoms with van der Waals surface area (Å²) in [4.78, 5) is 122. The third-order valence-corrected chi connectivity index (χ3v) is 20.7. The fourth-order valence-electron chi connectivity index (χ4n) is 13.6. The Labute approximate surface area is 764 Å². The van der Waals surface area contributed by atoms with Gasteiger partial charge in [0.2, 0.25) is 17.8 Å². The summed E-state index contributed by atoms with van der Waals surface area (Å²) in [6, 6.07) is 35.6. The Morgan fingerprint density at radius 1 is 0.398 bits per heavy atom. The van der Waals surface area contributed by atoms with Crippen LogP contribution in [0, 0.1) is 29.1 Å². The SMILES string of the molecule is CCC(=O)c1cnc(NC(=O)C2CC2)cc1Nc1cccc(-c2ncn(C)n2)c1OC.CCC(=O)c1cnc(NC(=O)C2CC2)cc1Nc1nccc(-c2ncn(C)n2)c1OC.CCC(=O)c1cnc(Nc2ccc(C(C)(C)C)c(F)n2)cc1Nc1cccc(-c2ncn(C)n2)c1OC.CCC(=O)c1cnc(Nc2cccc(C#N)n2)cc1Nc1cccc(-c2ncn(C)n2)c1OC. The number of nitrogens with zero attached hydrogens (tertiary/aromatic N) is 20. The van der Waals surface area contributed by atoms with Gasteiger partial charge < -0.3 is 61.5 Å². The Bertz CT molecular complexity index is 6510. The molecule has 38 nitrogen and oxygen atoms in total. The third kappa shape index (κ3) is 23.3. The molecule has 14 aromatic rings. The van der Waals surface area contributed by atoms with E-state index in [1.807, 2.05) is 81.4 Å². The molecule has 682 valence electrons. The molecule has 16 rings (SSSR count). The summed E-state index contributed by atoms with van der Waals surface area (Å²) in [6.07, 6.45) is 18.9. The van der Waals surface area contributed by atoms with E-state index in [-0.39, 0.29) is 57.9 Å². The van der Waals surface area contributed by atoms with E-state index < -0.39 is 5.95 Å². The Balaban J connectivity index is 0.000000151. The smallest absolute Gasteiger partial charge is 0.228 e. The number of pyridine rings is 7. The van der Waals surface area contributed by atoms with Gasteiger partial charge in [0.05, 0.1) is 113 Å². The second kappa shape index (κ2) is 42.5. The first-order valence-electron chi connectivity index (χ1n) is 42.5. The first kappa shape index (κ1) is 93.9. The lowest BCUT2D eigenvalue weighted by Gasteiger charge is -2.19. The Kier molecular flexibility index (Phi) is 30.0. The maximum atomic E-state index is 14.6. The summed E-state index contributed by atoms with van der Waals surface area (Å²) in [6.45, 7) is 12.9. The van der Waals surface area contributed by atoms with Crippen LogP contribution < -0.4 is 61.5 Å². The molecule has 8 N–H and O–H groups in total. The first-order chi connectivity index (χ1) is 64.1. The maximum Gasteiger partial charge on any atom is 0.228 e. The number of carbonyl (C=O) groups is 6. The van der Waals surface area contributed by atoms with E-state index in [1.54, 1.807) is 188 Å². The molecule has 0 spiro atoms. The van der Waals surface area contributed by atoms with Crippen molar-refractivity contribution in [3.63, 3.8) is 0 Å². The normalized spacial score (nSPS) is 11.9. The molecule has 0 unspecified atom stereocenters. The van der Waals surface area contributed by atoms with Crippen molar-refractivity contribution in [2.75, 3.05) is 71.0 Å². The minimum atomic E-state index is -0.543. The van der Waals surface area contributed by atoms with Gasteiger partial charge in [0.25, 0.3) is 0 Å². The fourth-order valence-corrected chi connectivity index (χ4v) is 13.6. The van der Waals surface area contributed by atoms with Gasteiger partial charge in [-0.25, -0.2) is 54.8 Å². The third-order valence-electron chi connectivity index (χ3n) is 20.7. The highest BCUT2D eigenvalue weighted by Crippen LogP contribution is 2.44. The first-order valence-corrected chi connectivity index (χ1v) is 42.5. The molecule has 2 saturated carbocycles. The number of aromatic nitrogens is 19. The summed E-state index contributed by atoms with van der Waals surface area (Å²) in [5.41, 5.74) is 8.88. The Hall–Kier alpha value is -16.7. The lowest BCUT2D eigenvalue weighted by molar-refractivity contribution is -0.118. The zero-order valence-corrected chi connectivity index (χ0v) is 75.9. The van der Waals surface area contributed by atoms with Crippen LogP contribution in [0.2, 0.25) is 0 Å². The molecule has 11 aromatic heterocycles. The van der Waals surface area contributed by atoms with Crippen molar-refractivity contribution in [3.05, 3.63) is 211 Å². The van der Waals surface area contributed by atoms with Crippen LogP contribution in [-0.2, 0) is 43.2 Å². The predicted octanol–water partition coefficient (Wildman–Crippen LogP) is 16.6. The number of ketones is 4. The molecule has 2 amide bonds. The van der Waals surface area contributed by atoms with Gasteiger partial charge in [-0.2, -0.15) is 30.0 Å². The molecule has 0 atom stereocenters. The number of anilines is 14. The summed E-state index contributed by atoms with van der Waals surface area (Å²) in [7, 11) is 13.4. The van der Waals surface area contributed by atoms with Crippen molar-refractivity contribution in [1.82, 2.24) is 93.9 Å². The molecule has 2 aliphatic rings. The molecule has 0 bridgehead atoms. The molecule has 0 saturated heterocycles. The molecule has 133 heavy (non-hydrogen) atoms. The van der Waals surface area contributed by atoms with Gasteiger partial charge in [0.15, 0.2) is 75.2 Å². The molecular formula is C94H99FN28O10. The van der Waals surface area contributed by atoms with Crippen molar-refractivity contribution in [2.45, 2.75) is 105 Å². The molecule has 0 aliphatic heterocycles. The van der Waals surface area contributed by atoms with Gasteiger partial charge in [-0.3, -0.25) is 47.5 Å². The van der Waals surface area contributed by atoms with Crippen LogP contribution in [0.25, 0.3) is 45.6 Å². The van der Waals surface area contributed by atoms with Crippen molar-refractivity contribution < 1.29 is 52.1 Å². The van der Waals surface area contributed by atoms with E-state index in [0.717, 1.165) is 25.7 Å². The monoisotopic (exact) mass is 1800 g/mol. The number of rotatable bonds is 32. The molecule has 11 heterocycles. The number of benzene rings is 3. The van der Waals surface area contributed by atoms with E-state index in [9.17, 15) is 33.2 Å². The highest BCUT2D eigenvalue weighted by Gasteiger charge is 2.33. The highest BCUT2D eigenvalue weighted by atomic mass is 19.1. The number of aryl methyl sites for hydroxylation is 4. The van der Waals surface area contributed by atoms with Gasteiger partial charge in [0.1, 0.15) is 72.0 Å². The molecule has 2 fully saturated rings. The molecule has 2 aliphatic carbocycles. The van der Waals surface area contributed by atoms with Crippen molar-refractivity contribution in [1.29, 1.82) is 5.26 Å². The fraction of sp³-hybridized carbons (Fsp3) is 0.277. The zero-order chi connectivity index (χ0) is 94.7. The van der Waals surface area contributed by atoms with Crippen molar-refractivity contribution >= 4 is 115 Å². The Morgan fingerprint density at radius 3 is 1.06 bits per heavy atom. The van der Waals surface area contributed by atoms with Crippen LogP contribution >= 0.6 is 0 Å². The average Bonchev–Trinajstić information content (AvgIpc) is 1.74. The summed E-state index contributed by atoms with van der Waals surface area (Å²) in [5, 5.41) is 51.3. The largest absolute Gasteiger partial charge is 0.494 e. The minimum Gasteiger partial charge on any atom is -0.494 e. The minimum absolute atomic E-state index is 0.0412. The lowest BCUT2D eigenvalue weighted by atomic mass is 9.88. The number of halogens is 1. The second-order valence-corrected chi connectivity index (χ2v) is 31.5. The lowest BCUT2D eigenvalue weighted by Crippen LogP contribution is -2.15. The standard InChI is InChI=1S/C27H30FN7O2.C24H22N8O2.C22H24N6O3.C21H23N7O3/c1-7-21(36)17-14-29-23(32-22-12-11-18(25(28)33-22)27(2,3)4)13-20(17)31-19-10-8-9-16(24(19)37-6)26-30-15-35(5)34-26;1-4-20(33)17-13-26-22(30-21-10-5-7-15(12-25)28-21)11-19(17)29-18-9-6-8-16(23(18)34-3)24-27-14-32(2)31-24;1-4-18(29)15-11-23-19(26-22(30)13-8-9-13)10-17(15)25-16-7-5-6-14(20(16)31-3)21-24-12-28(2)27-21;1-4-16(29)14-10-23-17(26-21(30)12-5-6-12)9-15(14)25-20-18(31-3)13(7-8-22-20)19-24-11-28(2)27-19/h8-15H,7H2,1-6H3,(H2,29,31,32,33);5-11,13-14H,4H2,1-3H3,(H2,26,28,29,30);5-7,10-13H,4,8-9H2,1-3H3,(H2,23,25,26,30);7-12H,4-6H2,1-3H3,(H2,22,23,25,26,30). The van der Waals surface area contributed by atoms with Crippen LogP contribution in [0.5, 0.6) is 23.0 Å². The number of hydrogen-bond donors (Lipinski definition) is 8. The van der Waals surface area contributed by atoms with Gasteiger partial charge in [0, 0.05) is 127 Å². The number of methoxy groups -OCH3 is 4. The maximum absolute atomic E-state index is 14.6. The highest BCUT2D eigenvalue weighted by molar-refractivity contribution is 6.06. The number of amides is 2. The van der Waals surface area contributed by atoms with Crippen molar-refractivity contribution in [2.24, 2.45) is 40.0 Å². The van der Waals surface area contributed by atoms with E-state index in [1.165, 1.54) is 31.9 Å². The summed E-state index contributed by atoms with van der Waals surface area (Å²) in [5.74, 6) is 6.03. The summed E-state index contributed by atoms with van der Waals surface area (Å²) < 4.78 is 43.7. The van der Waals surface area contributed by atoms with Crippen LogP contribution in [-0.4, -0.2) is 157 Å². The second-order valence-electron chi connectivity index (χ2n) is 31.5. The number of nitriles is 1. The quantitative estimate of drug-likeness (QED) is 0.0143. The molecule has 3 aromatic carbocycles. The number of hydrogen-bond acceptors (Lipinski definition) is 32. The number of para-hydroxylation sites is 3. The van der Waals surface area contributed by atoms with Crippen LogP contribution in [0.4, 0.5) is 84.9 Å². The van der Waals surface area contributed by atoms with Gasteiger partial charge in [-0.1, -0.05) is 78.8 Å². The molecule has 0 radical (unpaired) electrons.